The summed E-state index contributed by atoms with van der Waals surface area (Å²) >= 11 is 0. The van der Waals surface area contributed by atoms with Crippen LogP contribution in [0.1, 0.15) is 49.7 Å². The Kier molecular flexibility index (Phi) is 8.80. The smallest absolute Gasteiger partial charge is 0.222 e. The van der Waals surface area contributed by atoms with Crippen LogP contribution in [0.5, 0.6) is 0 Å². The lowest BCUT2D eigenvalue weighted by atomic mass is 9.99. The van der Waals surface area contributed by atoms with Gasteiger partial charge in [0.2, 0.25) is 5.91 Å². The third-order valence-electron chi connectivity index (χ3n) is 6.50. The molecule has 1 aromatic carbocycles. The Hall–Kier alpha value is -1.35. The van der Waals surface area contributed by atoms with Gasteiger partial charge in [-0.3, -0.25) is 9.79 Å². The molecule has 0 aromatic heterocycles. The van der Waals surface area contributed by atoms with Gasteiger partial charge >= 0.3 is 0 Å². The number of hydrogen-bond acceptors (Lipinski definition) is 3. The summed E-state index contributed by atoms with van der Waals surface area (Å²) in [6.07, 6.45) is 7.55. The predicted molar refractivity (Wildman–Crippen MR) is 132 cm³/mol. The summed E-state index contributed by atoms with van der Waals surface area (Å²) in [7, 11) is 1.82. The van der Waals surface area contributed by atoms with Crippen LogP contribution in [0.3, 0.4) is 0 Å². The quantitative estimate of drug-likeness (QED) is 0.260. The number of hydrogen-bond donors (Lipinski definition) is 2. The molecule has 0 unspecified atom stereocenters. The summed E-state index contributed by atoms with van der Waals surface area (Å²) in [5.41, 5.74) is 2.68. The molecule has 1 aromatic rings. The molecular formula is C23H36IN5O. The molecule has 2 aliphatic heterocycles. The van der Waals surface area contributed by atoms with E-state index >= 15 is 0 Å². The molecule has 0 radical (unpaired) electrons. The van der Waals surface area contributed by atoms with E-state index in [1.165, 1.54) is 49.9 Å². The van der Waals surface area contributed by atoms with Crippen LogP contribution in [0.4, 0.5) is 0 Å². The first kappa shape index (κ1) is 23.3. The van der Waals surface area contributed by atoms with Gasteiger partial charge in [-0.05, 0) is 49.7 Å². The molecule has 0 spiro atoms. The van der Waals surface area contributed by atoms with Gasteiger partial charge in [-0.25, -0.2) is 0 Å². The molecule has 4 rings (SSSR count). The highest BCUT2D eigenvalue weighted by atomic mass is 127. The van der Waals surface area contributed by atoms with Crippen molar-refractivity contribution in [2.24, 2.45) is 4.99 Å². The van der Waals surface area contributed by atoms with Gasteiger partial charge in [0.15, 0.2) is 5.96 Å². The third-order valence-corrected chi connectivity index (χ3v) is 6.50. The van der Waals surface area contributed by atoms with Gasteiger partial charge < -0.3 is 20.4 Å². The summed E-state index contributed by atoms with van der Waals surface area (Å²) in [5.74, 6) is 1.13. The van der Waals surface area contributed by atoms with Crippen molar-refractivity contribution >= 4 is 35.8 Å². The molecule has 7 heteroatoms. The molecule has 2 heterocycles. The normalized spacial score (nSPS) is 20.3. The van der Waals surface area contributed by atoms with E-state index in [0.717, 1.165) is 44.5 Å². The Morgan fingerprint density at radius 2 is 1.83 bits per heavy atom. The fourth-order valence-electron chi connectivity index (χ4n) is 4.55. The number of carbonyl (C=O) groups is 1. The highest BCUT2D eigenvalue weighted by Gasteiger charge is 2.31. The zero-order valence-corrected chi connectivity index (χ0v) is 20.4. The Morgan fingerprint density at radius 3 is 2.53 bits per heavy atom. The Morgan fingerprint density at radius 1 is 1.10 bits per heavy atom. The number of rotatable bonds is 6. The average Bonchev–Trinajstić information content (AvgIpc) is 3.61. The number of amides is 1. The topological polar surface area (TPSA) is 60.0 Å². The van der Waals surface area contributed by atoms with E-state index in [-0.39, 0.29) is 29.9 Å². The molecule has 2 N–H and O–H groups in total. The van der Waals surface area contributed by atoms with Crippen molar-refractivity contribution in [3.8, 4) is 0 Å². The van der Waals surface area contributed by atoms with E-state index < -0.39 is 0 Å². The van der Waals surface area contributed by atoms with Crippen molar-refractivity contribution in [3.05, 3.63) is 35.4 Å². The number of nitrogens with zero attached hydrogens (tertiary/aromatic N) is 3. The number of benzene rings is 1. The van der Waals surface area contributed by atoms with Crippen LogP contribution in [-0.2, 0) is 17.8 Å². The maximum absolute atomic E-state index is 12.6. The molecule has 30 heavy (non-hydrogen) atoms. The maximum atomic E-state index is 12.6. The van der Waals surface area contributed by atoms with E-state index in [0.29, 0.717) is 12.5 Å². The van der Waals surface area contributed by atoms with Crippen molar-refractivity contribution in [1.29, 1.82) is 0 Å². The van der Waals surface area contributed by atoms with Crippen LogP contribution in [-0.4, -0.2) is 67.0 Å². The second-order valence-corrected chi connectivity index (χ2v) is 8.62. The van der Waals surface area contributed by atoms with Crippen molar-refractivity contribution in [1.82, 2.24) is 20.4 Å². The van der Waals surface area contributed by atoms with Crippen LogP contribution < -0.4 is 10.6 Å². The molecule has 1 saturated heterocycles. The van der Waals surface area contributed by atoms with Crippen molar-refractivity contribution in [2.45, 2.75) is 63.6 Å². The number of carbonyl (C=O) groups excluding carboxylic acids is 1. The summed E-state index contributed by atoms with van der Waals surface area (Å²) in [6.45, 7) is 4.77. The van der Waals surface area contributed by atoms with Gasteiger partial charge in [-0.15, -0.1) is 24.0 Å². The monoisotopic (exact) mass is 525 g/mol. The lowest BCUT2D eigenvalue weighted by molar-refractivity contribution is -0.132. The number of likely N-dealkylation sites (tertiary alicyclic amines) is 1. The first-order valence-electron chi connectivity index (χ1n) is 11.3. The molecular weight excluding hydrogens is 489 g/mol. The summed E-state index contributed by atoms with van der Waals surface area (Å²) in [4.78, 5) is 21.6. The fraction of sp³-hybridized carbons (Fsp3) is 0.652. The Bertz CT molecular complexity index is 728. The minimum absolute atomic E-state index is 0. The summed E-state index contributed by atoms with van der Waals surface area (Å²) in [5, 5.41) is 6.96. The van der Waals surface area contributed by atoms with Gasteiger partial charge in [0.05, 0.1) is 0 Å². The zero-order chi connectivity index (χ0) is 20.1. The standard InChI is InChI=1S/C23H35N5O.HI/c1-24-23(26-20-11-15-27(16-12-20)21-8-9-21)25-13-4-7-22(29)28-14-10-18-5-2-3-6-19(18)17-28;/h2-3,5-6,20-21H,4,7-17H2,1H3,(H2,24,25,26);1H. The molecule has 6 nitrogen and oxygen atoms in total. The lowest BCUT2D eigenvalue weighted by Gasteiger charge is -2.33. The molecule has 1 saturated carbocycles. The molecule has 1 aliphatic carbocycles. The molecule has 3 aliphatic rings. The number of halogens is 1. The summed E-state index contributed by atoms with van der Waals surface area (Å²) < 4.78 is 0. The van der Waals surface area contributed by atoms with Crippen molar-refractivity contribution in [3.63, 3.8) is 0 Å². The van der Waals surface area contributed by atoms with E-state index in [1.807, 2.05) is 11.9 Å². The van der Waals surface area contributed by atoms with Gasteiger partial charge in [0.1, 0.15) is 0 Å². The number of fused-ring (bicyclic) bond motifs is 1. The second-order valence-electron chi connectivity index (χ2n) is 8.62. The SMILES string of the molecule is CN=C(NCCCC(=O)N1CCc2ccccc2C1)NC1CCN(C2CC2)CC1.I. The Balaban J connectivity index is 0.00000256. The van der Waals surface area contributed by atoms with Crippen LogP contribution >= 0.6 is 24.0 Å². The second kappa shape index (κ2) is 11.3. The Labute approximate surface area is 197 Å². The number of guanidine groups is 1. The van der Waals surface area contributed by atoms with Gasteiger partial charge in [0, 0.05) is 58.3 Å². The average molecular weight is 525 g/mol. The van der Waals surface area contributed by atoms with Gasteiger partial charge in [-0.1, -0.05) is 24.3 Å². The zero-order valence-electron chi connectivity index (χ0n) is 18.1. The first-order valence-corrected chi connectivity index (χ1v) is 11.3. The van der Waals surface area contributed by atoms with Crippen LogP contribution in [0.15, 0.2) is 29.3 Å². The first-order chi connectivity index (χ1) is 14.2. The predicted octanol–water partition coefficient (Wildman–Crippen LogP) is 2.76. The minimum Gasteiger partial charge on any atom is -0.356 e. The van der Waals surface area contributed by atoms with Crippen molar-refractivity contribution in [2.75, 3.05) is 33.2 Å². The maximum Gasteiger partial charge on any atom is 0.222 e. The molecule has 0 atom stereocenters. The summed E-state index contributed by atoms with van der Waals surface area (Å²) in [6, 6.07) is 9.84. The number of nitrogens with one attached hydrogen (secondary N) is 2. The molecule has 1 amide bonds. The third kappa shape index (κ3) is 6.33. The minimum atomic E-state index is 0. The number of aliphatic imine (C=N–C) groups is 1. The lowest BCUT2D eigenvalue weighted by Crippen LogP contribution is -2.49. The highest BCUT2D eigenvalue weighted by Crippen LogP contribution is 2.29. The van der Waals surface area contributed by atoms with E-state index in [1.54, 1.807) is 0 Å². The van der Waals surface area contributed by atoms with Gasteiger partial charge in [0.25, 0.3) is 0 Å². The molecule has 0 bridgehead atoms. The van der Waals surface area contributed by atoms with Crippen molar-refractivity contribution < 1.29 is 4.79 Å². The highest BCUT2D eigenvalue weighted by molar-refractivity contribution is 14.0. The van der Waals surface area contributed by atoms with E-state index in [2.05, 4.69) is 44.8 Å². The molecule has 2 fully saturated rings. The van der Waals surface area contributed by atoms with E-state index in [9.17, 15) is 4.79 Å². The van der Waals surface area contributed by atoms with Gasteiger partial charge in [-0.2, -0.15) is 0 Å². The van der Waals surface area contributed by atoms with Crippen LogP contribution in [0.25, 0.3) is 0 Å². The largest absolute Gasteiger partial charge is 0.356 e. The molecule has 166 valence electrons. The fourth-order valence-corrected chi connectivity index (χ4v) is 4.55. The van der Waals surface area contributed by atoms with E-state index in [4.69, 9.17) is 0 Å². The number of piperidine rings is 1. The van der Waals surface area contributed by atoms with Crippen LogP contribution in [0, 0.1) is 0 Å². The van der Waals surface area contributed by atoms with Crippen LogP contribution in [0.2, 0.25) is 0 Å².